The van der Waals surface area contributed by atoms with E-state index in [0.29, 0.717) is 11.4 Å². The molecule has 7 heteroatoms. The molecule has 4 heterocycles. The van der Waals surface area contributed by atoms with Gasteiger partial charge in [0.25, 0.3) is 0 Å². The van der Waals surface area contributed by atoms with Crippen LogP contribution in [0.15, 0.2) is 30.6 Å². The summed E-state index contributed by atoms with van der Waals surface area (Å²) in [4.78, 5) is 9.31. The third kappa shape index (κ3) is 2.68. The van der Waals surface area contributed by atoms with E-state index < -0.39 is 0 Å². The topological polar surface area (TPSA) is 55.6 Å². The number of thiazole rings is 1. The Morgan fingerprint density at radius 2 is 2.08 bits per heavy atom. The molecule has 1 N–H and O–H groups in total. The minimum atomic E-state index is -0.320. The number of benzene rings is 1. The van der Waals surface area contributed by atoms with Crippen LogP contribution >= 0.6 is 11.3 Å². The van der Waals surface area contributed by atoms with Gasteiger partial charge in [-0.1, -0.05) is 0 Å². The van der Waals surface area contributed by atoms with Gasteiger partial charge in [0.1, 0.15) is 5.52 Å². The SMILES string of the molecule is Cn1cc2cc(-c3cc4sc(C5CCNCC5)nc4cn3)cc(F)c2n1. The van der Waals surface area contributed by atoms with Crippen LogP contribution in [0, 0.1) is 5.82 Å². The Hall–Kier alpha value is -2.38. The number of hydrogen-bond donors (Lipinski definition) is 1. The number of rotatable bonds is 2. The molecule has 1 aliphatic heterocycles. The van der Waals surface area contributed by atoms with Crippen molar-refractivity contribution in [2.45, 2.75) is 18.8 Å². The van der Waals surface area contributed by atoms with Crippen LogP contribution < -0.4 is 5.32 Å². The van der Waals surface area contributed by atoms with E-state index in [0.717, 1.165) is 52.8 Å². The van der Waals surface area contributed by atoms with Crippen LogP contribution in [0.3, 0.4) is 0 Å². The van der Waals surface area contributed by atoms with E-state index >= 15 is 0 Å². The maximum atomic E-state index is 14.4. The van der Waals surface area contributed by atoms with Gasteiger partial charge in [-0.25, -0.2) is 9.37 Å². The number of aromatic nitrogens is 4. The summed E-state index contributed by atoms with van der Waals surface area (Å²) in [5.41, 5.74) is 2.85. The molecule has 1 fully saturated rings. The van der Waals surface area contributed by atoms with E-state index in [-0.39, 0.29) is 5.82 Å². The van der Waals surface area contributed by atoms with Gasteiger partial charge in [-0.3, -0.25) is 9.67 Å². The van der Waals surface area contributed by atoms with Crippen LogP contribution in [0.4, 0.5) is 4.39 Å². The summed E-state index contributed by atoms with van der Waals surface area (Å²) >= 11 is 1.74. The van der Waals surface area contributed by atoms with Gasteiger partial charge in [0.2, 0.25) is 0 Å². The number of nitrogens with one attached hydrogen (secondary N) is 1. The second-order valence-electron chi connectivity index (χ2n) is 6.81. The minimum absolute atomic E-state index is 0.320. The molecular formula is C19H18FN5S. The number of hydrogen-bond acceptors (Lipinski definition) is 5. The minimum Gasteiger partial charge on any atom is -0.317 e. The fourth-order valence-electron chi connectivity index (χ4n) is 3.61. The van der Waals surface area contributed by atoms with E-state index in [9.17, 15) is 4.39 Å². The smallest absolute Gasteiger partial charge is 0.151 e. The van der Waals surface area contributed by atoms with Crippen LogP contribution in [-0.2, 0) is 7.05 Å². The molecule has 0 amide bonds. The Morgan fingerprint density at radius 3 is 2.92 bits per heavy atom. The van der Waals surface area contributed by atoms with Crippen LogP contribution in [-0.4, -0.2) is 32.8 Å². The van der Waals surface area contributed by atoms with Gasteiger partial charge in [-0.15, -0.1) is 11.3 Å². The molecular weight excluding hydrogens is 349 g/mol. The lowest BCUT2D eigenvalue weighted by Crippen LogP contribution is -2.26. The Balaban J connectivity index is 1.56. The maximum Gasteiger partial charge on any atom is 0.151 e. The quantitative estimate of drug-likeness (QED) is 0.585. The van der Waals surface area contributed by atoms with Crippen LogP contribution in [0.5, 0.6) is 0 Å². The molecule has 5 nitrogen and oxygen atoms in total. The van der Waals surface area contributed by atoms with Crippen molar-refractivity contribution >= 4 is 32.5 Å². The summed E-state index contributed by atoms with van der Waals surface area (Å²) in [5, 5.41) is 9.52. The lowest BCUT2D eigenvalue weighted by atomic mass is 9.99. The molecule has 0 atom stereocenters. The first-order valence-electron chi connectivity index (χ1n) is 8.78. The molecule has 0 radical (unpaired) electrons. The molecule has 0 spiro atoms. The Labute approximate surface area is 153 Å². The zero-order chi connectivity index (χ0) is 17.7. The van der Waals surface area contributed by atoms with E-state index in [1.165, 1.54) is 11.1 Å². The third-order valence-corrected chi connectivity index (χ3v) is 6.13. The molecule has 0 saturated carbocycles. The largest absolute Gasteiger partial charge is 0.317 e. The Morgan fingerprint density at radius 1 is 1.23 bits per heavy atom. The van der Waals surface area contributed by atoms with Gasteiger partial charge >= 0.3 is 0 Å². The van der Waals surface area contributed by atoms with E-state index in [2.05, 4.69) is 15.4 Å². The standard InChI is InChI=1S/C19H18FN5S/c1-25-10-13-6-12(7-14(20)18(13)24-25)15-8-17-16(9-22-15)23-19(26-17)11-2-4-21-5-3-11/h6-11,21H,2-5H2,1H3. The average molecular weight is 367 g/mol. The van der Waals surface area contributed by atoms with E-state index in [4.69, 9.17) is 4.98 Å². The highest BCUT2D eigenvalue weighted by Gasteiger charge is 2.19. The molecule has 4 aromatic rings. The summed E-state index contributed by atoms with van der Waals surface area (Å²) < 4.78 is 17.1. The highest BCUT2D eigenvalue weighted by molar-refractivity contribution is 7.18. The molecule has 0 bridgehead atoms. The highest BCUT2D eigenvalue weighted by atomic mass is 32.1. The van der Waals surface area contributed by atoms with Gasteiger partial charge in [0.15, 0.2) is 5.82 Å². The third-order valence-electron chi connectivity index (χ3n) is 4.95. The van der Waals surface area contributed by atoms with Crippen molar-refractivity contribution in [2.24, 2.45) is 7.05 Å². The predicted molar refractivity (Wildman–Crippen MR) is 102 cm³/mol. The lowest BCUT2D eigenvalue weighted by molar-refractivity contribution is 0.459. The predicted octanol–water partition coefficient (Wildman–Crippen LogP) is 3.85. The van der Waals surface area contributed by atoms with E-state index in [1.807, 2.05) is 18.3 Å². The average Bonchev–Trinajstić information content (AvgIpc) is 3.24. The van der Waals surface area contributed by atoms with Crippen LogP contribution in [0.25, 0.3) is 32.4 Å². The van der Waals surface area contributed by atoms with Crippen molar-refractivity contribution in [1.29, 1.82) is 0 Å². The zero-order valence-electron chi connectivity index (χ0n) is 14.4. The van der Waals surface area contributed by atoms with Crippen molar-refractivity contribution in [1.82, 2.24) is 25.1 Å². The lowest BCUT2D eigenvalue weighted by Gasteiger charge is -2.20. The van der Waals surface area contributed by atoms with Crippen molar-refractivity contribution in [2.75, 3.05) is 13.1 Å². The number of nitrogens with zero attached hydrogens (tertiary/aromatic N) is 4. The molecule has 3 aromatic heterocycles. The maximum absolute atomic E-state index is 14.4. The molecule has 0 aliphatic carbocycles. The number of halogens is 1. The Kier molecular flexibility index (Phi) is 3.72. The summed E-state index contributed by atoms with van der Waals surface area (Å²) in [6, 6.07) is 5.47. The molecule has 1 aliphatic rings. The fraction of sp³-hybridized carbons (Fsp3) is 0.316. The monoisotopic (exact) mass is 367 g/mol. The van der Waals surface area contributed by atoms with Crippen LogP contribution in [0.1, 0.15) is 23.8 Å². The zero-order valence-corrected chi connectivity index (χ0v) is 15.2. The summed E-state index contributed by atoms with van der Waals surface area (Å²) in [6.45, 7) is 2.10. The molecule has 1 aromatic carbocycles. The normalized spacial score (nSPS) is 15.9. The second-order valence-corrected chi connectivity index (χ2v) is 7.87. The summed E-state index contributed by atoms with van der Waals surface area (Å²) in [6.07, 6.45) is 5.88. The van der Waals surface area contributed by atoms with Gasteiger partial charge in [-0.05, 0) is 44.1 Å². The number of piperidine rings is 1. The van der Waals surface area contributed by atoms with Gasteiger partial charge < -0.3 is 5.32 Å². The highest BCUT2D eigenvalue weighted by Crippen LogP contribution is 2.34. The molecule has 132 valence electrons. The number of pyridine rings is 1. The summed E-state index contributed by atoms with van der Waals surface area (Å²) in [5.74, 6) is 0.209. The van der Waals surface area contributed by atoms with Gasteiger partial charge in [0, 0.05) is 30.1 Å². The van der Waals surface area contributed by atoms with Crippen LogP contribution in [0.2, 0.25) is 0 Å². The number of fused-ring (bicyclic) bond motifs is 2. The molecule has 26 heavy (non-hydrogen) atoms. The Bertz CT molecular complexity index is 1110. The van der Waals surface area contributed by atoms with Crippen molar-refractivity contribution in [3.05, 3.63) is 41.4 Å². The fourth-order valence-corrected chi connectivity index (χ4v) is 4.76. The van der Waals surface area contributed by atoms with E-state index in [1.54, 1.807) is 29.3 Å². The van der Waals surface area contributed by atoms with Gasteiger partial charge in [0.05, 0.1) is 27.1 Å². The first kappa shape index (κ1) is 15.8. The van der Waals surface area contributed by atoms with Crippen molar-refractivity contribution in [3.63, 3.8) is 0 Å². The molecule has 0 unspecified atom stereocenters. The molecule has 1 saturated heterocycles. The second kappa shape index (κ2) is 6.10. The first-order valence-corrected chi connectivity index (χ1v) is 9.59. The molecule has 5 rings (SSSR count). The van der Waals surface area contributed by atoms with Crippen molar-refractivity contribution < 1.29 is 4.39 Å². The summed E-state index contributed by atoms with van der Waals surface area (Å²) in [7, 11) is 1.79. The number of aryl methyl sites for hydroxylation is 1. The van der Waals surface area contributed by atoms with Gasteiger partial charge in [-0.2, -0.15) is 5.10 Å². The first-order chi connectivity index (χ1) is 12.7. The van der Waals surface area contributed by atoms with Crippen molar-refractivity contribution in [3.8, 4) is 11.3 Å².